The molecule has 0 atom stereocenters. The van der Waals surface area contributed by atoms with Gasteiger partial charge in [-0.15, -0.1) is 0 Å². The summed E-state index contributed by atoms with van der Waals surface area (Å²) in [7, 11) is 0. The Bertz CT molecular complexity index is 235. The molecule has 0 amide bonds. The maximum atomic E-state index is 9.85. The summed E-state index contributed by atoms with van der Waals surface area (Å²) in [6.07, 6.45) is 0. The molecule has 1 aromatic rings. The van der Waals surface area contributed by atoms with Crippen molar-refractivity contribution in [2.45, 2.75) is 0 Å². The van der Waals surface area contributed by atoms with Gasteiger partial charge in [0.25, 0.3) is 0 Å². The Kier molecular flexibility index (Phi) is 2.43. The van der Waals surface area contributed by atoms with Crippen LogP contribution in [0.15, 0.2) is 24.3 Å². The lowest BCUT2D eigenvalue weighted by molar-refractivity contribution is -0.514. The van der Waals surface area contributed by atoms with Crippen molar-refractivity contribution in [3.63, 3.8) is 0 Å². The highest BCUT2D eigenvalue weighted by molar-refractivity contribution is 5.19. The van der Waals surface area contributed by atoms with Gasteiger partial charge in [0.1, 0.15) is 5.75 Å². The SMILES string of the molecule is O=[N+]([O-])COc1cc[c]cc1. The number of nitro groups is 1. The van der Waals surface area contributed by atoms with Gasteiger partial charge >= 0.3 is 6.73 Å². The molecule has 4 heteroatoms. The minimum Gasteiger partial charge on any atom is -0.432 e. The standard InChI is InChI=1S/C7H6NO3/c9-8(10)6-11-7-4-2-1-3-5-7/h2-5H,6H2. The third-order valence-electron chi connectivity index (χ3n) is 1.02. The predicted molar refractivity (Wildman–Crippen MR) is 37.8 cm³/mol. The minimum atomic E-state index is -0.531. The van der Waals surface area contributed by atoms with Crippen molar-refractivity contribution in [3.05, 3.63) is 40.4 Å². The Morgan fingerprint density at radius 1 is 1.55 bits per heavy atom. The largest absolute Gasteiger partial charge is 0.432 e. The Morgan fingerprint density at radius 3 is 2.73 bits per heavy atom. The van der Waals surface area contributed by atoms with Crippen LogP contribution in [0.4, 0.5) is 0 Å². The fourth-order valence-corrected chi connectivity index (χ4v) is 0.595. The molecule has 0 aliphatic carbocycles. The van der Waals surface area contributed by atoms with Crippen LogP contribution in [0.25, 0.3) is 0 Å². The van der Waals surface area contributed by atoms with Gasteiger partial charge in [-0.1, -0.05) is 12.1 Å². The van der Waals surface area contributed by atoms with E-state index in [0.29, 0.717) is 5.75 Å². The van der Waals surface area contributed by atoms with Crippen molar-refractivity contribution in [1.82, 2.24) is 0 Å². The highest BCUT2D eigenvalue weighted by Gasteiger charge is 1.96. The summed E-state index contributed by atoms with van der Waals surface area (Å²) in [6, 6.07) is 9.27. The zero-order valence-corrected chi connectivity index (χ0v) is 5.69. The summed E-state index contributed by atoms with van der Waals surface area (Å²) in [4.78, 5) is 9.31. The maximum absolute atomic E-state index is 9.85. The second-order valence-corrected chi connectivity index (χ2v) is 1.84. The smallest absolute Gasteiger partial charge is 0.344 e. The van der Waals surface area contributed by atoms with Gasteiger partial charge < -0.3 is 4.74 Å². The second-order valence-electron chi connectivity index (χ2n) is 1.84. The van der Waals surface area contributed by atoms with Crippen LogP contribution < -0.4 is 4.74 Å². The van der Waals surface area contributed by atoms with E-state index < -0.39 is 11.7 Å². The van der Waals surface area contributed by atoms with Crippen LogP contribution in [-0.4, -0.2) is 11.7 Å². The first-order chi connectivity index (χ1) is 5.29. The summed E-state index contributed by atoms with van der Waals surface area (Å²) < 4.78 is 4.75. The Balaban J connectivity index is 2.45. The van der Waals surface area contributed by atoms with E-state index in [1.165, 1.54) is 0 Å². The van der Waals surface area contributed by atoms with Crippen LogP contribution in [0, 0.1) is 16.2 Å². The summed E-state index contributed by atoms with van der Waals surface area (Å²) in [5.74, 6) is 0.487. The Hall–Kier alpha value is -1.58. The van der Waals surface area contributed by atoms with Crippen LogP contribution in [0.1, 0.15) is 0 Å². The number of hydrogen-bond donors (Lipinski definition) is 0. The fourth-order valence-electron chi connectivity index (χ4n) is 0.595. The normalized spacial score (nSPS) is 9.09. The molecule has 0 N–H and O–H groups in total. The summed E-state index contributed by atoms with van der Waals surface area (Å²) in [6.45, 7) is -0.496. The van der Waals surface area contributed by atoms with Gasteiger partial charge in [0.05, 0.1) is 4.92 Å². The highest BCUT2D eigenvalue weighted by atomic mass is 16.7. The molecule has 0 unspecified atom stereocenters. The van der Waals surface area contributed by atoms with E-state index in [9.17, 15) is 10.1 Å². The molecule has 0 bridgehead atoms. The van der Waals surface area contributed by atoms with Gasteiger partial charge in [0.2, 0.25) is 0 Å². The summed E-state index contributed by atoms with van der Waals surface area (Å²) in [5, 5.41) is 9.85. The van der Waals surface area contributed by atoms with Crippen LogP contribution in [0.2, 0.25) is 0 Å². The van der Waals surface area contributed by atoms with Crippen molar-refractivity contribution in [1.29, 1.82) is 0 Å². The molecule has 1 aromatic carbocycles. The van der Waals surface area contributed by atoms with Gasteiger partial charge in [-0.2, -0.15) is 0 Å². The van der Waals surface area contributed by atoms with Crippen LogP contribution in [0.3, 0.4) is 0 Å². The fraction of sp³-hybridized carbons (Fsp3) is 0.143. The maximum Gasteiger partial charge on any atom is 0.344 e. The van der Waals surface area contributed by atoms with Crippen molar-refractivity contribution in [2.24, 2.45) is 0 Å². The molecular weight excluding hydrogens is 146 g/mol. The lowest BCUT2D eigenvalue weighted by atomic mass is 10.3. The number of hydrogen-bond acceptors (Lipinski definition) is 3. The van der Waals surface area contributed by atoms with Crippen LogP contribution >= 0.6 is 0 Å². The van der Waals surface area contributed by atoms with E-state index >= 15 is 0 Å². The van der Waals surface area contributed by atoms with E-state index in [4.69, 9.17) is 4.74 Å². The zero-order valence-electron chi connectivity index (χ0n) is 5.69. The van der Waals surface area contributed by atoms with Crippen molar-refractivity contribution in [2.75, 3.05) is 6.73 Å². The minimum absolute atomic E-state index is 0.487. The average molecular weight is 152 g/mol. The predicted octanol–water partition coefficient (Wildman–Crippen LogP) is 1.10. The van der Waals surface area contributed by atoms with E-state index in [1.807, 2.05) is 0 Å². The van der Waals surface area contributed by atoms with Crippen molar-refractivity contribution >= 4 is 0 Å². The van der Waals surface area contributed by atoms with Crippen molar-refractivity contribution < 1.29 is 9.66 Å². The topological polar surface area (TPSA) is 52.4 Å². The molecule has 11 heavy (non-hydrogen) atoms. The van der Waals surface area contributed by atoms with Gasteiger partial charge in [0, 0.05) is 0 Å². The average Bonchev–Trinajstić information content (AvgIpc) is 2.03. The molecular formula is C7H6NO3. The van der Waals surface area contributed by atoms with Gasteiger partial charge in [-0.05, 0) is 18.2 Å². The highest BCUT2D eigenvalue weighted by Crippen LogP contribution is 2.06. The molecule has 4 nitrogen and oxygen atoms in total. The number of nitrogens with zero attached hydrogens (tertiary/aromatic N) is 1. The van der Waals surface area contributed by atoms with Gasteiger partial charge in [0.15, 0.2) is 0 Å². The molecule has 1 rings (SSSR count). The van der Waals surface area contributed by atoms with Gasteiger partial charge in [-0.3, -0.25) is 10.1 Å². The van der Waals surface area contributed by atoms with Crippen LogP contribution in [-0.2, 0) is 0 Å². The zero-order chi connectivity index (χ0) is 8.10. The Labute approximate surface area is 63.6 Å². The molecule has 0 spiro atoms. The number of rotatable bonds is 3. The first-order valence-electron chi connectivity index (χ1n) is 3.00. The van der Waals surface area contributed by atoms with Crippen LogP contribution in [0.5, 0.6) is 5.75 Å². The third-order valence-corrected chi connectivity index (χ3v) is 1.02. The molecule has 0 saturated carbocycles. The molecule has 0 aliphatic rings. The number of ether oxygens (including phenoxy) is 1. The molecule has 0 saturated heterocycles. The first kappa shape index (κ1) is 7.53. The number of benzene rings is 1. The quantitative estimate of drug-likeness (QED) is 0.370. The monoisotopic (exact) mass is 152 g/mol. The van der Waals surface area contributed by atoms with E-state index in [0.717, 1.165) is 0 Å². The molecule has 0 aliphatic heterocycles. The molecule has 1 radical (unpaired) electrons. The third kappa shape index (κ3) is 2.66. The lowest BCUT2D eigenvalue weighted by Crippen LogP contribution is -2.07. The second kappa shape index (κ2) is 3.55. The first-order valence-corrected chi connectivity index (χ1v) is 3.00. The molecule has 0 fully saturated rings. The van der Waals surface area contributed by atoms with E-state index in [1.54, 1.807) is 24.3 Å². The molecule has 57 valence electrons. The summed E-state index contributed by atoms with van der Waals surface area (Å²) >= 11 is 0. The van der Waals surface area contributed by atoms with E-state index in [-0.39, 0.29) is 0 Å². The molecule has 0 heterocycles. The molecule has 0 aromatic heterocycles. The van der Waals surface area contributed by atoms with Crippen molar-refractivity contribution in [3.8, 4) is 5.75 Å². The van der Waals surface area contributed by atoms with E-state index in [2.05, 4.69) is 6.07 Å². The van der Waals surface area contributed by atoms with Gasteiger partial charge in [-0.25, -0.2) is 0 Å². The Morgan fingerprint density at radius 2 is 2.18 bits per heavy atom. The lowest BCUT2D eigenvalue weighted by Gasteiger charge is -1.97. The summed E-state index contributed by atoms with van der Waals surface area (Å²) in [5.41, 5.74) is 0.